The molecule has 0 fully saturated rings. The zero-order valence-electron chi connectivity index (χ0n) is 13.3. The van der Waals surface area contributed by atoms with Gasteiger partial charge in [-0.15, -0.1) is 0 Å². The van der Waals surface area contributed by atoms with Crippen LogP contribution in [0, 0.1) is 0 Å². The van der Waals surface area contributed by atoms with Gasteiger partial charge in [0, 0.05) is 11.6 Å². The van der Waals surface area contributed by atoms with Crippen molar-refractivity contribution in [2.24, 2.45) is 0 Å². The van der Waals surface area contributed by atoms with Gasteiger partial charge in [-0.3, -0.25) is 4.79 Å². The van der Waals surface area contributed by atoms with E-state index in [9.17, 15) is 13.6 Å². The molecule has 0 atom stereocenters. The van der Waals surface area contributed by atoms with Crippen LogP contribution in [0.25, 0.3) is 11.0 Å². The van der Waals surface area contributed by atoms with Gasteiger partial charge < -0.3 is 14.2 Å². The largest absolute Gasteiger partial charge is 0.475 e. The Kier molecular flexibility index (Phi) is 4.15. The highest BCUT2D eigenvalue weighted by atomic mass is 35.5. The molecule has 0 aromatic carbocycles. The van der Waals surface area contributed by atoms with Crippen LogP contribution in [-0.2, 0) is 6.54 Å². The number of nitrogens with zero attached hydrogens (tertiary/aromatic N) is 5. The third-order valence-electron chi connectivity index (χ3n) is 4.01. The summed E-state index contributed by atoms with van der Waals surface area (Å²) in [5, 5.41) is 0.653. The van der Waals surface area contributed by atoms with Crippen molar-refractivity contribution in [3.8, 4) is 5.88 Å². The molecule has 26 heavy (non-hydrogen) atoms. The maximum atomic E-state index is 12.9. The molecule has 134 valence electrons. The highest BCUT2D eigenvalue weighted by molar-refractivity contribution is 6.33. The van der Waals surface area contributed by atoms with Crippen molar-refractivity contribution in [3.63, 3.8) is 0 Å². The van der Waals surface area contributed by atoms with E-state index in [1.807, 2.05) is 0 Å². The molecular weight excluding hydrogens is 368 g/mol. The highest BCUT2D eigenvalue weighted by Gasteiger charge is 2.29. The highest BCUT2D eigenvalue weighted by Crippen LogP contribution is 2.29. The monoisotopic (exact) mass is 379 g/mol. The molecule has 0 spiro atoms. The number of fused-ring (bicyclic) bond motifs is 2. The van der Waals surface area contributed by atoms with E-state index in [1.54, 1.807) is 18.3 Å². The van der Waals surface area contributed by atoms with E-state index in [-0.39, 0.29) is 29.7 Å². The summed E-state index contributed by atoms with van der Waals surface area (Å²) in [4.78, 5) is 26.4. The third kappa shape index (κ3) is 2.84. The van der Waals surface area contributed by atoms with Crippen LogP contribution in [0.3, 0.4) is 0 Å². The summed E-state index contributed by atoms with van der Waals surface area (Å²) in [7, 11) is 0. The van der Waals surface area contributed by atoms with Crippen molar-refractivity contribution in [1.82, 2.24) is 19.5 Å². The lowest BCUT2D eigenvalue weighted by molar-refractivity contribution is 0.0989. The molecule has 0 unspecified atom stereocenters. The second-order valence-electron chi connectivity index (χ2n) is 5.62. The van der Waals surface area contributed by atoms with Crippen molar-refractivity contribution in [1.29, 1.82) is 0 Å². The number of carbonyl (C=O) groups is 1. The molecule has 4 rings (SSSR count). The first-order valence-corrected chi connectivity index (χ1v) is 8.10. The molecular formula is C16H12ClF2N5O2. The van der Waals surface area contributed by atoms with E-state index < -0.39 is 18.9 Å². The van der Waals surface area contributed by atoms with Gasteiger partial charge in [0.25, 0.3) is 12.3 Å². The molecule has 1 amide bonds. The third-order valence-corrected chi connectivity index (χ3v) is 4.30. The van der Waals surface area contributed by atoms with Crippen molar-refractivity contribution in [2.75, 3.05) is 18.1 Å². The van der Waals surface area contributed by atoms with Gasteiger partial charge in [0.1, 0.15) is 29.3 Å². The van der Waals surface area contributed by atoms with Crippen molar-refractivity contribution in [2.45, 2.75) is 13.0 Å². The first kappa shape index (κ1) is 16.6. The van der Waals surface area contributed by atoms with Crippen LogP contribution < -0.4 is 9.64 Å². The average Bonchev–Trinajstić information content (AvgIpc) is 2.90. The van der Waals surface area contributed by atoms with Crippen LogP contribution in [0.1, 0.15) is 10.4 Å². The number of amides is 1. The number of rotatable bonds is 3. The molecule has 0 bridgehead atoms. The molecule has 7 nitrogen and oxygen atoms in total. The molecule has 0 aliphatic carbocycles. The van der Waals surface area contributed by atoms with Gasteiger partial charge in [-0.2, -0.15) is 0 Å². The van der Waals surface area contributed by atoms with Crippen molar-refractivity contribution in [3.05, 3.63) is 41.6 Å². The minimum atomic E-state index is -2.48. The Hall–Kier alpha value is -2.81. The van der Waals surface area contributed by atoms with Crippen molar-refractivity contribution < 1.29 is 18.3 Å². The topological polar surface area (TPSA) is 73.1 Å². The van der Waals surface area contributed by atoms with Crippen LogP contribution in [0.4, 0.5) is 14.5 Å². The number of carbonyl (C=O) groups excluding carboxylic acids is 1. The summed E-state index contributed by atoms with van der Waals surface area (Å²) in [6, 6.07) is 3.39. The molecule has 3 aromatic heterocycles. The first-order valence-electron chi connectivity index (χ1n) is 7.73. The van der Waals surface area contributed by atoms with Gasteiger partial charge in [-0.1, -0.05) is 11.6 Å². The second-order valence-corrected chi connectivity index (χ2v) is 5.97. The SMILES string of the molecule is O=C1c2c(Cl)ncnc2OCCN1c1cnc2c(ccn2CC(F)F)c1. The first-order chi connectivity index (χ1) is 12.5. The molecule has 4 heterocycles. The maximum Gasteiger partial charge on any atom is 0.267 e. The fourth-order valence-electron chi connectivity index (χ4n) is 2.87. The number of halogens is 3. The molecule has 0 N–H and O–H groups in total. The smallest absolute Gasteiger partial charge is 0.267 e. The zero-order valence-corrected chi connectivity index (χ0v) is 14.0. The number of anilines is 1. The van der Waals surface area contributed by atoms with E-state index in [2.05, 4.69) is 15.0 Å². The van der Waals surface area contributed by atoms with Gasteiger partial charge in [0.2, 0.25) is 5.88 Å². The van der Waals surface area contributed by atoms with Gasteiger partial charge in [-0.05, 0) is 12.1 Å². The van der Waals surface area contributed by atoms with E-state index in [1.165, 1.54) is 22.0 Å². The Labute approximate surface area is 151 Å². The molecule has 1 aliphatic heterocycles. The Morgan fingerprint density at radius 2 is 2.15 bits per heavy atom. The summed E-state index contributed by atoms with van der Waals surface area (Å²) < 4.78 is 32.1. The van der Waals surface area contributed by atoms with E-state index in [0.717, 1.165) is 0 Å². The van der Waals surface area contributed by atoms with Crippen LogP contribution >= 0.6 is 11.6 Å². The number of alkyl halides is 2. The Morgan fingerprint density at radius 1 is 1.31 bits per heavy atom. The number of pyridine rings is 1. The maximum absolute atomic E-state index is 12.9. The summed E-state index contributed by atoms with van der Waals surface area (Å²) in [5.74, 6) is -0.272. The van der Waals surface area contributed by atoms with Gasteiger partial charge >= 0.3 is 0 Å². The molecule has 1 aliphatic rings. The Balaban J connectivity index is 1.73. The number of aromatic nitrogens is 4. The van der Waals surface area contributed by atoms with Crippen molar-refractivity contribution >= 4 is 34.2 Å². The van der Waals surface area contributed by atoms with Gasteiger partial charge in [0.05, 0.1) is 25.0 Å². The Bertz CT molecular complexity index is 994. The lowest BCUT2D eigenvalue weighted by Gasteiger charge is -2.19. The van der Waals surface area contributed by atoms with E-state index >= 15 is 0 Å². The standard InChI is InChI=1S/C16H12ClF2N5O2/c17-13-12-15(22-8-21-13)26-4-3-24(16(12)25)10-5-9-1-2-23(7-11(18)19)14(9)20-6-10/h1-2,5-6,8,11H,3-4,7H2. The summed E-state index contributed by atoms with van der Waals surface area (Å²) in [6.07, 6.45) is 1.75. The number of ether oxygens (including phenoxy) is 1. The van der Waals surface area contributed by atoms with Gasteiger partial charge in [-0.25, -0.2) is 23.7 Å². The summed E-state index contributed by atoms with van der Waals surface area (Å²) in [6.45, 7) is 0.0413. The molecule has 0 radical (unpaired) electrons. The molecule has 3 aromatic rings. The minimum absolute atomic E-state index is 0.00373. The fourth-order valence-corrected chi connectivity index (χ4v) is 3.07. The number of hydrogen-bond acceptors (Lipinski definition) is 5. The second kappa shape index (κ2) is 6.49. The number of hydrogen-bond donors (Lipinski definition) is 0. The molecule has 0 saturated carbocycles. The van der Waals surface area contributed by atoms with E-state index in [4.69, 9.17) is 16.3 Å². The fraction of sp³-hybridized carbons (Fsp3) is 0.250. The zero-order chi connectivity index (χ0) is 18.3. The lowest BCUT2D eigenvalue weighted by Crippen LogP contribution is -2.32. The predicted octanol–water partition coefficient (Wildman–Crippen LogP) is 2.78. The summed E-state index contributed by atoms with van der Waals surface area (Å²) >= 11 is 6.04. The minimum Gasteiger partial charge on any atom is -0.475 e. The normalized spacial score (nSPS) is 14.5. The molecule has 10 heteroatoms. The average molecular weight is 380 g/mol. The Morgan fingerprint density at radius 3 is 2.96 bits per heavy atom. The predicted molar refractivity (Wildman–Crippen MR) is 90.0 cm³/mol. The summed E-state index contributed by atoms with van der Waals surface area (Å²) in [5.41, 5.74) is 1.02. The van der Waals surface area contributed by atoms with Crippen LogP contribution in [-0.4, -0.2) is 45.0 Å². The van der Waals surface area contributed by atoms with Crippen LogP contribution in [0.5, 0.6) is 5.88 Å². The van der Waals surface area contributed by atoms with Crippen LogP contribution in [0.15, 0.2) is 30.9 Å². The van der Waals surface area contributed by atoms with Gasteiger partial charge in [0.15, 0.2) is 0 Å². The van der Waals surface area contributed by atoms with E-state index in [0.29, 0.717) is 16.7 Å². The lowest BCUT2D eigenvalue weighted by atomic mass is 10.2. The van der Waals surface area contributed by atoms with Crippen LogP contribution in [0.2, 0.25) is 5.15 Å². The quantitative estimate of drug-likeness (QED) is 0.654. The molecule has 0 saturated heterocycles.